The van der Waals surface area contributed by atoms with Crippen LogP contribution >= 0.6 is 0 Å². The van der Waals surface area contributed by atoms with Crippen molar-refractivity contribution in [3.05, 3.63) is 99.5 Å². The summed E-state index contributed by atoms with van der Waals surface area (Å²) < 4.78 is 58.5. The number of nitrogens with zero attached hydrogens (tertiary/aromatic N) is 2. The summed E-state index contributed by atoms with van der Waals surface area (Å²) in [6.45, 7) is 0. The Morgan fingerprint density at radius 1 is 1.05 bits per heavy atom. The van der Waals surface area contributed by atoms with Crippen LogP contribution in [-0.2, 0) is 4.79 Å². The summed E-state index contributed by atoms with van der Waals surface area (Å²) in [5.74, 6) is -4.36. The third-order valence-electron chi connectivity index (χ3n) is 5.83. The predicted octanol–water partition coefficient (Wildman–Crippen LogP) is 3.53. The molecule has 0 amide bonds. The molecule has 44 heavy (non-hydrogen) atoms. The van der Waals surface area contributed by atoms with E-state index < -0.39 is 35.7 Å². The van der Waals surface area contributed by atoms with Crippen LogP contribution in [0.1, 0.15) is 33.4 Å². The molecule has 4 rings (SSSR count). The van der Waals surface area contributed by atoms with Crippen LogP contribution in [0.4, 0.5) is 23.2 Å². The average Bonchev–Trinajstić information content (AvgIpc) is 3.36. The van der Waals surface area contributed by atoms with Crippen LogP contribution in [0.15, 0.2) is 65.5 Å². The van der Waals surface area contributed by atoms with Gasteiger partial charge in [0.2, 0.25) is 0 Å². The first-order valence-electron chi connectivity index (χ1n) is 12.1. The molecule has 0 bridgehead atoms. The smallest absolute Gasteiger partial charge is 0.490 e. The molecule has 0 aliphatic rings. The molecule has 3 aromatic carbocycles. The van der Waals surface area contributed by atoms with Crippen molar-refractivity contribution in [1.82, 2.24) is 14.8 Å². The van der Waals surface area contributed by atoms with Gasteiger partial charge in [0.1, 0.15) is 17.7 Å². The molecule has 13 nitrogen and oxygen atoms in total. The van der Waals surface area contributed by atoms with E-state index in [9.17, 15) is 27.9 Å². The summed E-state index contributed by atoms with van der Waals surface area (Å²) in [5.41, 5.74) is 5.78. The Kier molecular flexibility index (Phi) is 9.94. The molecule has 0 aliphatic heterocycles. The van der Waals surface area contributed by atoms with Gasteiger partial charge < -0.3 is 30.7 Å². The molecule has 0 saturated carbocycles. The molecular formula is C27H24F4N6O7. The molecule has 4 aromatic rings. The number of para-hydroxylation sites is 1. The van der Waals surface area contributed by atoms with Crippen molar-refractivity contribution in [2.45, 2.75) is 12.2 Å². The Morgan fingerprint density at radius 2 is 1.61 bits per heavy atom. The highest BCUT2D eigenvalue weighted by Gasteiger charge is 2.38. The van der Waals surface area contributed by atoms with Gasteiger partial charge in [-0.2, -0.15) is 17.9 Å². The molecule has 0 spiro atoms. The fourth-order valence-corrected chi connectivity index (χ4v) is 3.77. The molecule has 17 heteroatoms. The molecule has 232 valence electrons. The summed E-state index contributed by atoms with van der Waals surface area (Å²) in [7, 11) is 2.78. The van der Waals surface area contributed by atoms with Gasteiger partial charge in [0.25, 0.3) is 0 Å². The van der Waals surface area contributed by atoms with Crippen molar-refractivity contribution in [2.24, 2.45) is 5.73 Å². The van der Waals surface area contributed by atoms with E-state index in [1.807, 2.05) is 0 Å². The average molecular weight is 621 g/mol. The number of aromatic carboxylic acids is 1. The summed E-state index contributed by atoms with van der Waals surface area (Å²) in [4.78, 5) is 36.1. The SMILES string of the molecule is COc1cc(F)c(C(Nc2ccc(C(=N)N)cc2)c2nn(-c3ccccc3C(=O)O)c(=O)[nH]2)cc1OC.O=C(O)C(F)(F)F. The number of amidine groups is 1. The quantitative estimate of drug-likeness (QED) is 0.0912. The Labute approximate surface area is 245 Å². The maximum atomic E-state index is 15.3. The zero-order valence-corrected chi connectivity index (χ0v) is 22.8. The third kappa shape index (κ3) is 7.50. The van der Waals surface area contributed by atoms with E-state index in [4.69, 9.17) is 30.5 Å². The highest BCUT2D eigenvalue weighted by molar-refractivity contribution is 5.95. The second kappa shape index (κ2) is 13.4. The van der Waals surface area contributed by atoms with E-state index in [0.29, 0.717) is 11.3 Å². The summed E-state index contributed by atoms with van der Waals surface area (Å²) in [5, 5.41) is 31.7. The van der Waals surface area contributed by atoms with Crippen molar-refractivity contribution < 1.29 is 46.8 Å². The minimum Gasteiger partial charge on any atom is -0.493 e. The first kappa shape index (κ1) is 32.6. The number of ether oxygens (including phenoxy) is 2. The normalized spacial score (nSPS) is 11.5. The minimum atomic E-state index is -5.08. The topological polar surface area (TPSA) is 206 Å². The third-order valence-corrected chi connectivity index (χ3v) is 5.83. The lowest BCUT2D eigenvalue weighted by atomic mass is 10.0. The van der Waals surface area contributed by atoms with Gasteiger partial charge in [-0.15, -0.1) is 5.10 Å². The number of carbonyl (C=O) groups is 2. The number of nitrogen functional groups attached to an aromatic ring is 1. The fourth-order valence-electron chi connectivity index (χ4n) is 3.77. The molecular weight excluding hydrogens is 596 g/mol. The number of benzene rings is 3. The number of halogens is 4. The van der Waals surface area contributed by atoms with Gasteiger partial charge in [0, 0.05) is 22.9 Å². The zero-order chi connectivity index (χ0) is 32.8. The van der Waals surface area contributed by atoms with Gasteiger partial charge in [-0.25, -0.2) is 18.8 Å². The van der Waals surface area contributed by atoms with Crippen molar-refractivity contribution in [2.75, 3.05) is 19.5 Å². The number of hydrogen-bond donors (Lipinski definition) is 6. The van der Waals surface area contributed by atoms with Gasteiger partial charge in [0.05, 0.1) is 25.5 Å². The van der Waals surface area contributed by atoms with E-state index in [0.717, 1.165) is 10.7 Å². The summed E-state index contributed by atoms with van der Waals surface area (Å²) in [6.07, 6.45) is -5.08. The van der Waals surface area contributed by atoms with Crippen LogP contribution in [0.3, 0.4) is 0 Å². The molecule has 1 aromatic heterocycles. The van der Waals surface area contributed by atoms with Gasteiger partial charge in [-0.05, 0) is 42.5 Å². The van der Waals surface area contributed by atoms with Gasteiger partial charge in [-0.1, -0.05) is 12.1 Å². The maximum Gasteiger partial charge on any atom is 0.490 e. The molecule has 7 N–H and O–H groups in total. The lowest BCUT2D eigenvalue weighted by Gasteiger charge is -2.20. The number of H-pyrrole nitrogens is 1. The van der Waals surface area contributed by atoms with Crippen LogP contribution in [0, 0.1) is 11.2 Å². The van der Waals surface area contributed by atoms with Gasteiger partial charge in [0.15, 0.2) is 17.3 Å². The second-order valence-electron chi connectivity index (χ2n) is 8.65. The van der Waals surface area contributed by atoms with E-state index >= 15 is 4.39 Å². The van der Waals surface area contributed by atoms with Crippen molar-refractivity contribution in [3.8, 4) is 17.2 Å². The first-order valence-corrected chi connectivity index (χ1v) is 12.1. The second-order valence-corrected chi connectivity index (χ2v) is 8.65. The minimum absolute atomic E-state index is 0.00644. The number of carboxylic acid groups (broad SMARTS) is 2. The number of hydrogen-bond acceptors (Lipinski definition) is 8. The van der Waals surface area contributed by atoms with Gasteiger partial charge >= 0.3 is 23.8 Å². The van der Waals surface area contributed by atoms with Gasteiger partial charge in [-0.3, -0.25) is 10.4 Å². The Balaban J connectivity index is 0.000000676. The molecule has 0 radical (unpaired) electrons. The van der Waals surface area contributed by atoms with Crippen LogP contribution in [-0.4, -0.2) is 63.1 Å². The van der Waals surface area contributed by atoms with E-state index in [1.54, 1.807) is 30.3 Å². The monoisotopic (exact) mass is 620 g/mol. The number of carboxylic acids is 2. The maximum absolute atomic E-state index is 15.3. The highest BCUT2D eigenvalue weighted by Crippen LogP contribution is 2.35. The number of nitrogens with two attached hydrogens (primary N) is 1. The molecule has 1 unspecified atom stereocenters. The molecule has 0 aliphatic carbocycles. The Bertz CT molecular complexity index is 1740. The number of rotatable bonds is 9. The number of methoxy groups -OCH3 is 2. The standard InChI is InChI=1S/C25H23FN6O5.C2HF3O2/c1-36-19-11-16(17(26)12-20(19)37-2)21(29-14-9-7-13(8-10-14)22(27)28)23-30-25(35)32(31-23)18-6-4-3-5-15(18)24(33)34;3-2(4,5)1(6)7/h3-12,21,29H,1-2H3,(H3,27,28)(H,33,34)(H,30,31,35);(H,6,7). The van der Waals surface area contributed by atoms with Crippen LogP contribution < -0.4 is 26.2 Å². The lowest BCUT2D eigenvalue weighted by molar-refractivity contribution is -0.192. The number of anilines is 1. The zero-order valence-electron chi connectivity index (χ0n) is 22.8. The summed E-state index contributed by atoms with van der Waals surface area (Å²) in [6, 6.07) is 13.9. The number of nitrogens with one attached hydrogen (secondary N) is 3. The fraction of sp³-hybridized carbons (Fsp3) is 0.148. The number of aromatic nitrogens is 3. The molecule has 0 saturated heterocycles. The molecule has 1 heterocycles. The van der Waals surface area contributed by atoms with Crippen molar-refractivity contribution >= 4 is 23.5 Å². The van der Waals surface area contributed by atoms with E-state index in [-0.39, 0.29) is 40.0 Å². The Morgan fingerprint density at radius 3 is 2.14 bits per heavy atom. The van der Waals surface area contributed by atoms with E-state index in [2.05, 4.69) is 15.4 Å². The first-order chi connectivity index (χ1) is 20.7. The molecule has 1 atom stereocenters. The number of aromatic amines is 1. The van der Waals surface area contributed by atoms with Crippen LogP contribution in [0.5, 0.6) is 11.5 Å². The van der Waals surface area contributed by atoms with E-state index in [1.165, 1.54) is 38.5 Å². The predicted molar refractivity (Wildman–Crippen MR) is 147 cm³/mol. The Hall–Kier alpha value is -5.87. The number of alkyl halides is 3. The van der Waals surface area contributed by atoms with Crippen LogP contribution in [0.2, 0.25) is 0 Å². The van der Waals surface area contributed by atoms with Crippen molar-refractivity contribution in [3.63, 3.8) is 0 Å². The summed E-state index contributed by atoms with van der Waals surface area (Å²) >= 11 is 0. The lowest BCUT2D eigenvalue weighted by Crippen LogP contribution is -2.21. The van der Waals surface area contributed by atoms with Crippen LogP contribution in [0.25, 0.3) is 5.69 Å². The largest absolute Gasteiger partial charge is 0.493 e. The highest BCUT2D eigenvalue weighted by atomic mass is 19.4. The van der Waals surface area contributed by atoms with Crippen molar-refractivity contribution in [1.29, 1.82) is 5.41 Å². The molecule has 0 fully saturated rings. The number of aliphatic carboxylic acids is 1.